The highest BCUT2D eigenvalue weighted by Gasteiger charge is 2.42. The van der Waals surface area contributed by atoms with E-state index >= 15 is 0 Å². The lowest BCUT2D eigenvalue weighted by molar-refractivity contribution is -0.00461. The highest BCUT2D eigenvalue weighted by molar-refractivity contribution is 5.06. The first-order valence-corrected chi connectivity index (χ1v) is 5.91. The molecule has 1 aliphatic rings. The zero-order valence-corrected chi connectivity index (χ0v) is 10.1. The average Bonchev–Trinajstić information content (AvgIpc) is 2.67. The maximum absolute atomic E-state index is 11.7. The molecule has 1 saturated carbocycles. The molecular formula is C11H16N2O6. The number of nitrogens with one attached hydrogen (secondary N) is 1. The molecule has 0 amide bonds. The lowest BCUT2D eigenvalue weighted by Gasteiger charge is -2.19. The van der Waals surface area contributed by atoms with Crippen molar-refractivity contribution in [3.63, 3.8) is 0 Å². The van der Waals surface area contributed by atoms with E-state index < -0.39 is 42.0 Å². The number of rotatable bonds is 3. The molecule has 1 heterocycles. The predicted octanol–water partition coefficient (Wildman–Crippen LogP) is -2.70. The molecule has 106 valence electrons. The average molecular weight is 272 g/mol. The van der Waals surface area contributed by atoms with E-state index in [1.165, 1.54) is 6.20 Å². The van der Waals surface area contributed by atoms with Crippen LogP contribution in [-0.4, -0.2) is 48.8 Å². The van der Waals surface area contributed by atoms with Crippen molar-refractivity contribution < 1.29 is 20.4 Å². The molecule has 0 radical (unpaired) electrons. The molecule has 5 N–H and O–H groups in total. The number of aliphatic hydroxyl groups is 4. The van der Waals surface area contributed by atoms with Gasteiger partial charge in [0, 0.05) is 18.7 Å². The standard InChI is InChI=1S/C11H16N2O6/c14-3-5-1-7(9(17)8(5)16)13-2-6(4-15)10(18)12-11(13)19/h2,5,7-9,14-17H,1,3-4H2,(H,12,18,19)/t5-,7-,8-,9+/m1/s1. The Bertz CT molecular complexity index is 565. The van der Waals surface area contributed by atoms with E-state index in [1.54, 1.807) is 0 Å². The van der Waals surface area contributed by atoms with Crippen molar-refractivity contribution in [1.82, 2.24) is 9.55 Å². The van der Waals surface area contributed by atoms with Crippen LogP contribution < -0.4 is 11.2 Å². The first-order valence-electron chi connectivity index (χ1n) is 5.91. The summed E-state index contributed by atoms with van der Waals surface area (Å²) in [7, 11) is 0. The number of H-pyrrole nitrogens is 1. The summed E-state index contributed by atoms with van der Waals surface area (Å²) >= 11 is 0. The zero-order valence-electron chi connectivity index (χ0n) is 10.1. The fourth-order valence-electron chi connectivity index (χ4n) is 2.44. The molecule has 0 unspecified atom stereocenters. The van der Waals surface area contributed by atoms with E-state index in [4.69, 9.17) is 10.2 Å². The third-order valence-corrected chi connectivity index (χ3v) is 3.58. The summed E-state index contributed by atoms with van der Waals surface area (Å²) in [6.07, 6.45) is -0.976. The maximum atomic E-state index is 11.7. The molecule has 1 aliphatic carbocycles. The van der Waals surface area contributed by atoms with Crippen molar-refractivity contribution in [1.29, 1.82) is 0 Å². The Morgan fingerprint density at radius 2 is 1.95 bits per heavy atom. The smallest absolute Gasteiger partial charge is 0.328 e. The molecule has 0 bridgehead atoms. The number of nitrogens with zero attached hydrogens (tertiary/aromatic N) is 1. The monoisotopic (exact) mass is 272 g/mol. The van der Waals surface area contributed by atoms with Gasteiger partial charge in [-0.05, 0) is 6.42 Å². The van der Waals surface area contributed by atoms with Crippen molar-refractivity contribution >= 4 is 0 Å². The van der Waals surface area contributed by atoms with Gasteiger partial charge >= 0.3 is 5.69 Å². The first kappa shape index (κ1) is 13.9. The molecule has 8 heteroatoms. The summed E-state index contributed by atoms with van der Waals surface area (Å²) in [5, 5.41) is 37.7. The third-order valence-electron chi connectivity index (χ3n) is 3.58. The summed E-state index contributed by atoms with van der Waals surface area (Å²) in [5.41, 5.74) is -1.42. The van der Waals surface area contributed by atoms with Crippen molar-refractivity contribution in [3.05, 3.63) is 32.6 Å². The van der Waals surface area contributed by atoms with E-state index in [-0.39, 0.29) is 18.6 Å². The van der Waals surface area contributed by atoms with Crippen molar-refractivity contribution in [2.24, 2.45) is 5.92 Å². The summed E-state index contributed by atoms with van der Waals surface area (Å²) in [5.74, 6) is -0.531. The minimum atomic E-state index is -1.22. The van der Waals surface area contributed by atoms with Crippen molar-refractivity contribution in [2.75, 3.05) is 6.61 Å². The molecule has 0 aliphatic heterocycles. The highest BCUT2D eigenvalue weighted by Crippen LogP contribution is 2.34. The van der Waals surface area contributed by atoms with Crippen LogP contribution in [0.4, 0.5) is 0 Å². The molecule has 19 heavy (non-hydrogen) atoms. The van der Waals surface area contributed by atoms with Crippen LogP contribution in [0.5, 0.6) is 0 Å². The van der Waals surface area contributed by atoms with Crippen LogP contribution in [0.2, 0.25) is 0 Å². The van der Waals surface area contributed by atoms with E-state index in [1.807, 2.05) is 4.98 Å². The van der Waals surface area contributed by atoms with Gasteiger partial charge in [0.25, 0.3) is 5.56 Å². The Labute approximate surface area is 107 Å². The molecule has 2 rings (SSSR count). The van der Waals surface area contributed by atoms with Gasteiger partial charge in [0.15, 0.2) is 0 Å². The van der Waals surface area contributed by atoms with E-state index in [0.717, 1.165) is 4.57 Å². The van der Waals surface area contributed by atoms with Gasteiger partial charge in [0.1, 0.15) is 6.10 Å². The number of aliphatic hydroxyl groups excluding tert-OH is 4. The predicted molar refractivity (Wildman–Crippen MR) is 63.5 cm³/mol. The van der Waals surface area contributed by atoms with Crippen LogP contribution in [0.1, 0.15) is 18.0 Å². The van der Waals surface area contributed by atoms with Gasteiger partial charge in [-0.1, -0.05) is 0 Å². The van der Waals surface area contributed by atoms with Gasteiger partial charge in [0.05, 0.1) is 24.3 Å². The Morgan fingerprint density at radius 1 is 1.26 bits per heavy atom. The van der Waals surface area contributed by atoms with Crippen molar-refractivity contribution in [2.45, 2.75) is 31.3 Å². The van der Waals surface area contributed by atoms with Gasteiger partial charge in [-0.15, -0.1) is 0 Å². The third kappa shape index (κ3) is 2.35. The second-order valence-electron chi connectivity index (χ2n) is 4.71. The van der Waals surface area contributed by atoms with Crippen LogP contribution >= 0.6 is 0 Å². The van der Waals surface area contributed by atoms with E-state index in [0.29, 0.717) is 0 Å². The van der Waals surface area contributed by atoms with Crippen LogP contribution in [0.25, 0.3) is 0 Å². The molecule has 1 fully saturated rings. The second kappa shape index (κ2) is 5.25. The first-order chi connectivity index (χ1) is 8.99. The van der Waals surface area contributed by atoms with Gasteiger partial charge in [-0.2, -0.15) is 0 Å². The fourth-order valence-corrected chi connectivity index (χ4v) is 2.44. The molecule has 0 spiro atoms. The lowest BCUT2D eigenvalue weighted by atomic mass is 10.1. The summed E-state index contributed by atoms with van der Waals surface area (Å²) < 4.78 is 1.08. The minimum Gasteiger partial charge on any atom is -0.396 e. The summed E-state index contributed by atoms with van der Waals surface area (Å²) in [6.45, 7) is -0.843. The van der Waals surface area contributed by atoms with E-state index in [2.05, 4.69) is 0 Å². The van der Waals surface area contributed by atoms with Crippen LogP contribution in [0, 0.1) is 5.92 Å². The Morgan fingerprint density at radius 3 is 2.47 bits per heavy atom. The topological polar surface area (TPSA) is 136 Å². The van der Waals surface area contributed by atoms with Gasteiger partial charge in [-0.25, -0.2) is 4.79 Å². The molecule has 1 aromatic rings. The Kier molecular flexibility index (Phi) is 3.85. The molecule has 1 aromatic heterocycles. The van der Waals surface area contributed by atoms with Gasteiger partial charge < -0.3 is 20.4 Å². The lowest BCUT2D eigenvalue weighted by Crippen LogP contribution is -2.38. The van der Waals surface area contributed by atoms with Crippen molar-refractivity contribution in [3.8, 4) is 0 Å². The molecular weight excluding hydrogens is 256 g/mol. The van der Waals surface area contributed by atoms with Crippen LogP contribution in [-0.2, 0) is 6.61 Å². The quantitative estimate of drug-likeness (QED) is 0.406. The second-order valence-corrected chi connectivity index (χ2v) is 4.71. The molecule has 0 aromatic carbocycles. The van der Waals surface area contributed by atoms with E-state index in [9.17, 15) is 19.8 Å². The van der Waals surface area contributed by atoms with Crippen LogP contribution in [0.3, 0.4) is 0 Å². The Hall–Kier alpha value is -1.48. The SMILES string of the molecule is O=c1[nH]c(=O)n([C@@H]2C[C@H](CO)[C@@H](O)[C@H]2O)cc1CO. The minimum absolute atomic E-state index is 0.00580. The zero-order chi connectivity index (χ0) is 14.2. The molecule has 0 saturated heterocycles. The van der Waals surface area contributed by atoms with Gasteiger partial charge in [-0.3, -0.25) is 14.3 Å². The maximum Gasteiger partial charge on any atom is 0.328 e. The largest absolute Gasteiger partial charge is 0.396 e. The number of hydrogen-bond acceptors (Lipinski definition) is 6. The summed E-state index contributed by atoms with van der Waals surface area (Å²) in [4.78, 5) is 25.1. The highest BCUT2D eigenvalue weighted by atomic mass is 16.3. The number of aromatic nitrogens is 2. The van der Waals surface area contributed by atoms with Gasteiger partial charge in [0.2, 0.25) is 0 Å². The summed E-state index contributed by atoms with van der Waals surface area (Å²) in [6, 6.07) is -0.748. The number of aromatic amines is 1. The Balaban J connectivity index is 2.43. The molecule has 4 atom stereocenters. The number of hydrogen-bond donors (Lipinski definition) is 5. The van der Waals surface area contributed by atoms with Crippen LogP contribution in [0.15, 0.2) is 15.8 Å². The normalized spacial score (nSPS) is 30.7. The fraction of sp³-hybridized carbons (Fsp3) is 0.636. The molecule has 8 nitrogen and oxygen atoms in total.